The summed E-state index contributed by atoms with van der Waals surface area (Å²) in [6.45, 7) is 3.11. The van der Waals surface area contributed by atoms with Gasteiger partial charge >= 0.3 is 0 Å². The van der Waals surface area contributed by atoms with Crippen LogP contribution in [0.3, 0.4) is 0 Å². The van der Waals surface area contributed by atoms with Crippen molar-refractivity contribution in [3.8, 4) is 11.1 Å². The molecule has 0 atom stereocenters. The zero-order valence-corrected chi connectivity index (χ0v) is 41.8. The number of benzene rings is 4. The van der Waals surface area contributed by atoms with E-state index in [1.54, 1.807) is 0 Å². The number of nitrogens with one attached hydrogen (secondary N) is 1. The Balaban J connectivity index is 0.989. The van der Waals surface area contributed by atoms with Crippen molar-refractivity contribution in [2.75, 3.05) is 0 Å². The smallest absolute Gasteiger partial charge is 0.173 e. The monoisotopic (exact) mass is 980 g/mol. The Morgan fingerprint density at radius 2 is 0.803 bits per heavy atom. The minimum absolute atomic E-state index is 0.771. The van der Waals surface area contributed by atoms with Crippen molar-refractivity contribution >= 4 is 34.0 Å². The van der Waals surface area contributed by atoms with E-state index >= 15 is 0 Å². The summed E-state index contributed by atoms with van der Waals surface area (Å²) in [6, 6.07) is 69.9. The normalized spacial score (nSPS) is 13.6. The van der Waals surface area contributed by atoms with Gasteiger partial charge in [0.1, 0.15) is 5.49 Å². The number of rotatable bonds is 12. The molecule has 11 aromatic rings. The van der Waals surface area contributed by atoms with E-state index in [9.17, 15) is 0 Å². The molecule has 0 saturated carbocycles. The molecule has 6 bridgehead atoms. The highest BCUT2D eigenvalue weighted by Gasteiger charge is 2.28. The SMILES string of the molecule is C1=CC2=C(c3ccc(C[n+]4ccccc4)cc3)c3ccc4c(-c5ccc(C[n+]6ccccc6)cc5)c5c(n34)=NC(=C5)C(c3ccc(C[n+]4ccccc4)cc3)=c3ccc([nH]3)=C(c3ccc(C[n+]4ccccc4)cc3)C1=N2. The molecule has 1 N–H and O–H groups in total. The van der Waals surface area contributed by atoms with Gasteiger partial charge in [0.15, 0.2) is 75.8 Å². The van der Waals surface area contributed by atoms with Gasteiger partial charge in [-0.25, -0.2) is 28.3 Å². The number of pyridine rings is 4. The standard InChI is InChI=1S/C68H52N8/c1-5-35-72(36-6-1)44-48-13-21-52(22-14-48)64-56-43-61-66(54-25-17-50(18-26-54)46-74-39-9-3-10-40-74)59-30-29-57(69-59)65(53-23-15-49(16-24-53)45-73-37-7-2-8-38-73)58-31-32-60(70-58)67(63-34-33-62(64)76(63)68(56)71-61)55-27-19-51(20-28-55)47-75-41-11-4-12-42-75/h1-43,69H,44-47H2/q+4. The summed E-state index contributed by atoms with van der Waals surface area (Å²) >= 11 is 0. The lowest BCUT2D eigenvalue weighted by atomic mass is 9.97. The van der Waals surface area contributed by atoms with E-state index in [1.807, 2.05) is 0 Å². The predicted octanol–water partition coefficient (Wildman–Crippen LogP) is 8.85. The number of aromatic amines is 1. The maximum Gasteiger partial charge on any atom is 0.173 e. The molecule has 3 aliphatic rings. The molecule has 8 nitrogen and oxygen atoms in total. The topological polar surface area (TPSA) is 60.4 Å². The number of aromatic nitrogens is 6. The van der Waals surface area contributed by atoms with Crippen LogP contribution in [0.1, 0.15) is 50.2 Å². The third-order valence-electron chi connectivity index (χ3n) is 14.8. The van der Waals surface area contributed by atoms with Gasteiger partial charge in [-0.05, 0) is 64.7 Å². The van der Waals surface area contributed by atoms with Gasteiger partial charge in [-0.15, -0.1) is 0 Å². The molecule has 0 aliphatic carbocycles. The van der Waals surface area contributed by atoms with Gasteiger partial charge in [-0.1, -0.05) is 121 Å². The summed E-state index contributed by atoms with van der Waals surface area (Å²) in [7, 11) is 0. The van der Waals surface area contributed by atoms with Crippen molar-refractivity contribution < 1.29 is 18.3 Å². The highest BCUT2D eigenvalue weighted by Crippen LogP contribution is 2.39. The predicted molar refractivity (Wildman–Crippen MR) is 298 cm³/mol. The van der Waals surface area contributed by atoms with Crippen LogP contribution in [-0.2, 0) is 26.2 Å². The summed E-state index contributed by atoms with van der Waals surface area (Å²) in [5, 5.41) is 1.96. The molecule has 360 valence electrons. The third-order valence-corrected chi connectivity index (χ3v) is 14.8. The Morgan fingerprint density at radius 1 is 0.382 bits per heavy atom. The van der Waals surface area contributed by atoms with E-state index in [0.29, 0.717) is 0 Å². The number of nitrogens with zero attached hydrogens (tertiary/aromatic N) is 7. The number of aliphatic imine (C=N–C) groups is 1. The summed E-state index contributed by atoms with van der Waals surface area (Å²) in [6.07, 6.45) is 23.6. The Labute approximate surface area is 440 Å². The lowest BCUT2D eigenvalue weighted by molar-refractivity contribution is -0.688. The number of hydrogen-bond acceptors (Lipinski definition) is 2. The Hall–Kier alpha value is -9.92. The van der Waals surface area contributed by atoms with Crippen molar-refractivity contribution in [3.05, 3.63) is 334 Å². The quantitative estimate of drug-likeness (QED) is 0.119. The van der Waals surface area contributed by atoms with Gasteiger partial charge in [0.25, 0.3) is 0 Å². The largest absolute Gasteiger partial charge is 0.354 e. The van der Waals surface area contributed by atoms with Gasteiger partial charge in [-0.2, -0.15) is 0 Å². The lowest BCUT2D eigenvalue weighted by Crippen LogP contribution is -2.32. The molecular weight excluding hydrogens is 929 g/mol. The zero-order valence-electron chi connectivity index (χ0n) is 41.8. The minimum atomic E-state index is 0.771. The fourth-order valence-corrected chi connectivity index (χ4v) is 11.1. The lowest BCUT2D eigenvalue weighted by Gasteiger charge is -2.12. The van der Waals surface area contributed by atoms with E-state index in [0.717, 1.165) is 121 Å². The first kappa shape index (κ1) is 44.8. The number of H-pyrrole nitrogens is 1. The molecule has 0 fully saturated rings. The van der Waals surface area contributed by atoms with Gasteiger partial charge < -0.3 is 4.98 Å². The van der Waals surface area contributed by atoms with E-state index in [4.69, 9.17) is 9.98 Å². The van der Waals surface area contributed by atoms with Gasteiger partial charge in [0.2, 0.25) is 0 Å². The number of hydrogen-bond donors (Lipinski definition) is 1. The fourth-order valence-electron chi connectivity index (χ4n) is 11.1. The molecule has 10 heterocycles. The van der Waals surface area contributed by atoms with Crippen molar-refractivity contribution in [2.24, 2.45) is 9.98 Å². The van der Waals surface area contributed by atoms with Crippen LogP contribution in [0, 0.1) is 0 Å². The first-order chi connectivity index (χ1) is 37.6. The molecule has 0 saturated heterocycles. The van der Waals surface area contributed by atoms with Crippen LogP contribution in [0.15, 0.2) is 277 Å². The molecule has 76 heavy (non-hydrogen) atoms. The van der Waals surface area contributed by atoms with Crippen LogP contribution < -0.4 is 34.5 Å². The van der Waals surface area contributed by atoms with E-state index < -0.39 is 0 Å². The van der Waals surface area contributed by atoms with Crippen molar-refractivity contribution in [3.63, 3.8) is 0 Å². The summed E-state index contributed by atoms with van der Waals surface area (Å²) in [4.78, 5) is 15.4. The van der Waals surface area contributed by atoms with Crippen LogP contribution in [0.4, 0.5) is 0 Å². The second-order valence-electron chi connectivity index (χ2n) is 19.8. The maximum atomic E-state index is 5.75. The highest BCUT2D eigenvalue weighted by atomic mass is 15.0. The van der Waals surface area contributed by atoms with E-state index in [2.05, 4.69) is 290 Å². The van der Waals surface area contributed by atoms with Crippen LogP contribution in [0.5, 0.6) is 0 Å². The minimum Gasteiger partial charge on any atom is -0.354 e. The average Bonchev–Trinajstić information content (AvgIpc) is 4.34. The first-order valence-corrected chi connectivity index (χ1v) is 26.0. The van der Waals surface area contributed by atoms with Crippen LogP contribution in [0.25, 0.3) is 39.4 Å². The summed E-state index contributed by atoms with van der Waals surface area (Å²) in [5.74, 6) is 0. The molecule has 8 heteroatoms. The van der Waals surface area contributed by atoms with Crippen LogP contribution in [-0.4, -0.2) is 15.1 Å². The Morgan fingerprint density at radius 3 is 1.28 bits per heavy atom. The zero-order chi connectivity index (χ0) is 50.4. The molecular formula is C68H52N8+4. The Kier molecular flexibility index (Phi) is 11.3. The van der Waals surface area contributed by atoms with Crippen LogP contribution in [0.2, 0.25) is 0 Å². The van der Waals surface area contributed by atoms with Gasteiger partial charge in [0.05, 0.1) is 28.3 Å². The maximum absolute atomic E-state index is 5.75. The van der Waals surface area contributed by atoms with Crippen molar-refractivity contribution in [2.45, 2.75) is 26.2 Å². The second-order valence-corrected chi connectivity index (χ2v) is 19.8. The molecule has 0 radical (unpaired) electrons. The average molecular weight is 981 g/mol. The number of fused-ring (bicyclic) bond motifs is 4. The van der Waals surface area contributed by atoms with Gasteiger partial charge in [-0.3, -0.25) is 4.40 Å². The molecule has 3 aliphatic heterocycles. The number of allylic oxidation sites excluding steroid dienone is 3. The molecule has 14 rings (SSSR count). The van der Waals surface area contributed by atoms with Crippen molar-refractivity contribution in [1.29, 1.82) is 0 Å². The van der Waals surface area contributed by atoms with Crippen LogP contribution >= 0.6 is 0 Å². The summed E-state index contributed by atoms with van der Waals surface area (Å²) < 4.78 is 11.2. The molecule has 0 amide bonds. The fraction of sp³-hybridized carbons (Fsp3) is 0.0588. The van der Waals surface area contributed by atoms with Gasteiger partial charge in [0, 0.05) is 109 Å². The Bertz CT molecular complexity index is 4300. The molecule has 7 aromatic heterocycles. The first-order valence-electron chi connectivity index (χ1n) is 26.0. The van der Waals surface area contributed by atoms with E-state index in [-0.39, 0.29) is 0 Å². The molecule has 4 aromatic carbocycles. The second kappa shape index (κ2) is 19.2. The van der Waals surface area contributed by atoms with Crippen molar-refractivity contribution in [1.82, 2.24) is 9.38 Å². The third kappa shape index (κ3) is 8.51. The highest BCUT2D eigenvalue weighted by molar-refractivity contribution is 6.30. The molecule has 0 spiro atoms. The van der Waals surface area contributed by atoms with E-state index in [1.165, 1.54) is 22.3 Å². The molecule has 0 unspecified atom stereocenters. The summed E-state index contributed by atoms with van der Waals surface area (Å²) in [5.41, 5.74) is 20.4.